The van der Waals surface area contributed by atoms with E-state index in [9.17, 15) is 4.79 Å². The molecule has 0 aromatic heterocycles. The van der Waals surface area contributed by atoms with Gasteiger partial charge in [-0.25, -0.2) is 0 Å². The number of carbonyl (C=O) groups excluding carboxylic acids is 1. The molecular weight excluding hydrogens is 274 g/mol. The van der Waals surface area contributed by atoms with E-state index in [4.69, 9.17) is 4.74 Å². The van der Waals surface area contributed by atoms with Gasteiger partial charge in [0, 0.05) is 13.6 Å². The van der Waals surface area contributed by atoms with Crippen LogP contribution in [0.1, 0.15) is 48.3 Å². The van der Waals surface area contributed by atoms with Gasteiger partial charge in [-0.2, -0.15) is 0 Å². The average molecular weight is 299 g/mol. The van der Waals surface area contributed by atoms with Gasteiger partial charge in [0.05, 0.1) is 13.0 Å². The molecule has 0 spiro atoms. The van der Waals surface area contributed by atoms with Crippen molar-refractivity contribution in [1.29, 1.82) is 0 Å². The molecule has 1 aromatic carbocycles. The van der Waals surface area contributed by atoms with Crippen molar-refractivity contribution in [2.75, 3.05) is 20.7 Å². The summed E-state index contributed by atoms with van der Waals surface area (Å²) in [4.78, 5) is 14.8. The molecule has 0 bridgehead atoms. The van der Waals surface area contributed by atoms with E-state index in [1.165, 1.54) is 24.0 Å². The van der Waals surface area contributed by atoms with E-state index in [1.807, 2.05) is 11.9 Å². The highest BCUT2D eigenvalue weighted by atomic mass is 16.5. The van der Waals surface area contributed by atoms with Crippen molar-refractivity contribution in [3.63, 3.8) is 0 Å². The largest absolute Gasteiger partial charge is 0.496 e. The first-order chi connectivity index (χ1) is 10.6. The Kier molecular flexibility index (Phi) is 4.23. The fourth-order valence-electron chi connectivity index (χ4n) is 3.70. The smallest absolute Gasteiger partial charge is 0.233 e. The third-order valence-corrected chi connectivity index (χ3v) is 5.00. The molecule has 0 N–H and O–H groups in total. The van der Waals surface area contributed by atoms with Crippen LogP contribution < -0.4 is 4.74 Å². The minimum absolute atomic E-state index is 0.114. The van der Waals surface area contributed by atoms with Gasteiger partial charge in [-0.15, -0.1) is 0 Å². The topological polar surface area (TPSA) is 29.5 Å². The normalized spacial score (nSPS) is 22.0. The molecule has 3 rings (SSSR count). The van der Waals surface area contributed by atoms with Gasteiger partial charge in [0.1, 0.15) is 5.75 Å². The predicted molar refractivity (Wildman–Crippen MR) is 88.4 cm³/mol. The Bertz CT molecular complexity index is 618. The van der Waals surface area contributed by atoms with Crippen molar-refractivity contribution in [1.82, 2.24) is 4.90 Å². The molecule has 1 aliphatic heterocycles. The summed E-state index contributed by atoms with van der Waals surface area (Å²) in [5.41, 5.74) is 4.91. The lowest BCUT2D eigenvalue weighted by molar-refractivity contribution is -0.130. The molecule has 22 heavy (non-hydrogen) atoms. The minimum atomic E-state index is -0.114. The molecule has 0 unspecified atom stereocenters. The molecule has 1 heterocycles. The SMILES string of the molecule is COc1cc2c(cc1C)CCN(C)C(=O)[C@@H]2C1=CCCCC1. The minimum Gasteiger partial charge on any atom is -0.496 e. The van der Waals surface area contributed by atoms with E-state index >= 15 is 0 Å². The summed E-state index contributed by atoms with van der Waals surface area (Å²) >= 11 is 0. The highest BCUT2D eigenvalue weighted by Crippen LogP contribution is 2.39. The first kappa shape index (κ1) is 15.1. The second-order valence-electron chi connectivity index (χ2n) is 6.49. The average Bonchev–Trinajstić information content (AvgIpc) is 2.65. The van der Waals surface area contributed by atoms with Crippen LogP contribution in [0.5, 0.6) is 5.75 Å². The molecular formula is C19H25NO2. The van der Waals surface area contributed by atoms with Gasteiger partial charge in [-0.1, -0.05) is 17.7 Å². The van der Waals surface area contributed by atoms with Crippen molar-refractivity contribution in [2.24, 2.45) is 0 Å². The number of amides is 1. The Hall–Kier alpha value is -1.77. The highest BCUT2D eigenvalue weighted by Gasteiger charge is 2.32. The Balaban J connectivity index is 2.13. The fraction of sp³-hybridized carbons (Fsp3) is 0.526. The molecule has 118 valence electrons. The molecule has 3 nitrogen and oxygen atoms in total. The number of fused-ring (bicyclic) bond motifs is 1. The van der Waals surface area contributed by atoms with Gasteiger partial charge in [0.2, 0.25) is 5.91 Å². The van der Waals surface area contributed by atoms with Gasteiger partial charge < -0.3 is 9.64 Å². The quantitative estimate of drug-likeness (QED) is 0.781. The number of allylic oxidation sites excluding steroid dienone is 1. The maximum atomic E-state index is 12.9. The van der Waals surface area contributed by atoms with Crippen LogP contribution in [0, 0.1) is 6.92 Å². The number of benzene rings is 1. The summed E-state index contributed by atoms with van der Waals surface area (Å²) in [5.74, 6) is 1.01. The zero-order valence-electron chi connectivity index (χ0n) is 13.8. The number of methoxy groups -OCH3 is 1. The second kappa shape index (κ2) is 6.15. The maximum Gasteiger partial charge on any atom is 0.233 e. The third kappa shape index (κ3) is 2.65. The van der Waals surface area contributed by atoms with Crippen LogP contribution in [0.4, 0.5) is 0 Å². The van der Waals surface area contributed by atoms with Crippen molar-refractivity contribution in [2.45, 2.75) is 44.9 Å². The zero-order valence-corrected chi connectivity index (χ0v) is 13.8. The summed E-state index contributed by atoms with van der Waals surface area (Å²) in [6, 6.07) is 4.30. The monoisotopic (exact) mass is 299 g/mol. The first-order valence-electron chi connectivity index (χ1n) is 8.23. The van der Waals surface area contributed by atoms with Crippen molar-refractivity contribution >= 4 is 5.91 Å². The molecule has 1 atom stereocenters. The summed E-state index contributed by atoms with van der Waals surface area (Å²) in [6.45, 7) is 2.87. The Morgan fingerprint density at radius 1 is 1.23 bits per heavy atom. The van der Waals surface area contributed by atoms with Gasteiger partial charge in [-0.3, -0.25) is 4.79 Å². The van der Waals surface area contributed by atoms with E-state index in [2.05, 4.69) is 25.1 Å². The van der Waals surface area contributed by atoms with Crippen LogP contribution in [0.2, 0.25) is 0 Å². The molecule has 1 amide bonds. The summed E-state index contributed by atoms with van der Waals surface area (Å²) in [6.07, 6.45) is 7.79. The second-order valence-corrected chi connectivity index (χ2v) is 6.49. The molecule has 3 heteroatoms. The molecule has 2 aliphatic rings. The summed E-state index contributed by atoms with van der Waals surface area (Å²) in [7, 11) is 3.63. The van der Waals surface area contributed by atoms with Gasteiger partial charge in [0.15, 0.2) is 0 Å². The van der Waals surface area contributed by atoms with Crippen LogP contribution in [-0.2, 0) is 11.2 Å². The molecule has 0 saturated carbocycles. The van der Waals surface area contributed by atoms with Crippen LogP contribution in [0.3, 0.4) is 0 Å². The Labute approximate surface area is 133 Å². The van der Waals surface area contributed by atoms with E-state index in [1.54, 1.807) is 7.11 Å². The van der Waals surface area contributed by atoms with Crippen LogP contribution in [-0.4, -0.2) is 31.5 Å². The highest BCUT2D eigenvalue weighted by molar-refractivity contribution is 5.88. The predicted octanol–water partition coefficient (Wildman–Crippen LogP) is 3.60. The number of ether oxygens (including phenoxy) is 1. The molecule has 0 fully saturated rings. The Morgan fingerprint density at radius 2 is 2.05 bits per heavy atom. The fourth-order valence-corrected chi connectivity index (χ4v) is 3.70. The third-order valence-electron chi connectivity index (χ3n) is 5.00. The lowest BCUT2D eigenvalue weighted by Crippen LogP contribution is -2.32. The van der Waals surface area contributed by atoms with E-state index < -0.39 is 0 Å². The molecule has 0 saturated heterocycles. The zero-order chi connectivity index (χ0) is 15.7. The number of likely N-dealkylation sites (N-methyl/N-ethyl adjacent to an activating group) is 1. The lowest BCUT2D eigenvalue weighted by Gasteiger charge is -2.26. The number of aryl methyl sites for hydroxylation is 1. The van der Waals surface area contributed by atoms with E-state index in [-0.39, 0.29) is 11.8 Å². The first-order valence-corrected chi connectivity index (χ1v) is 8.23. The molecule has 1 aliphatic carbocycles. The number of hydrogen-bond donors (Lipinski definition) is 0. The number of nitrogens with zero attached hydrogens (tertiary/aromatic N) is 1. The van der Waals surface area contributed by atoms with Crippen molar-refractivity contribution in [3.05, 3.63) is 40.5 Å². The van der Waals surface area contributed by atoms with E-state index in [0.717, 1.165) is 42.7 Å². The van der Waals surface area contributed by atoms with Gasteiger partial charge >= 0.3 is 0 Å². The number of rotatable bonds is 2. The van der Waals surface area contributed by atoms with Crippen LogP contribution in [0.25, 0.3) is 0 Å². The molecule has 1 aromatic rings. The Morgan fingerprint density at radius 3 is 2.73 bits per heavy atom. The number of hydrogen-bond acceptors (Lipinski definition) is 2. The van der Waals surface area contributed by atoms with Crippen molar-refractivity contribution < 1.29 is 9.53 Å². The summed E-state index contributed by atoms with van der Waals surface area (Å²) < 4.78 is 5.51. The lowest BCUT2D eigenvalue weighted by atomic mass is 9.81. The number of carbonyl (C=O) groups is 1. The van der Waals surface area contributed by atoms with Gasteiger partial charge in [-0.05, 0) is 61.8 Å². The maximum absolute atomic E-state index is 12.9. The van der Waals surface area contributed by atoms with Crippen LogP contribution >= 0.6 is 0 Å². The standard InChI is InChI=1S/C19H25NO2/c1-13-11-15-9-10-20(2)19(21)18(14-7-5-4-6-8-14)16(15)12-17(13)22-3/h7,11-12,18H,4-6,8-10H2,1-3H3/t18-/m1/s1. The van der Waals surface area contributed by atoms with Crippen molar-refractivity contribution in [3.8, 4) is 5.75 Å². The molecule has 0 radical (unpaired) electrons. The van der Waals surface area contributed by atoms with E-state index in [0.29, 0.717) is 0 Å². The van der Waals surface area contributed by atoms with Crippen LogP contribution in [0.15, 0.2) is 23.8 Å². The summed E-state index contributed by atoms with van der Waals surface area (Å²) in [5, 5.41) is 0. The van der Waals surface area contributed by atoms with Gasteiger partial charge in [0.25, 0.3) is 0 Å².